The highest BCUT2D eigenvalue weighted by Crippen LogP contribution is 2.34. The van der Waals surface area contributed by atoms with Crippen molar-refractivity contribution < 1.29 is 9.84 Å². The fourth-order valence-corrected chi connectivity index (χ4v) is 3.72. The topological polar surface area (TPSA) is 29.5 Å². The van der Waals surface area contributed by atoms with E-state index in [9.17, 15) is 5.11 Å². The summed E-state index contributed by atoms with van der Waals surface area (Å²) in [4.78, 5) is 1.17. The maximum absolute atomic E-state index is 10.2. The maximum atomic E-state index is 10.2. The second kappa shape index (κ2) is 4.95. The van der Waals surface area contributed by atoms with Crippen LogP contribution in [0.1, 0.15) is 35.8 Å². The predicted molar refractivity (Wildman–Crippen MR) is 65.3 cm³/mol. The molecule has 1 aromatic rings. The summed E-state index contributed by atoms with van der Waals surface area (Å²) >= 11 is 5.10. The molecule has 2 unspecified atom stereocenters. The van der Waals surface area contributed by atoms with E-state index in [-0.39, 0.29) is 6.10 Å². The zero-order chi connectivity index (χ0) is 10.8. The predicted octanol–water partition coefficient (Wildman–Crippen LogP) is 3.42. The summed E-state index contributed by atoms with van der Waals surface area (Å²) in [5.41, 5.74) is 1.01. The Morgan fingerprint density at radius 2 is 2.40 bits per heavy atom. The summed E-state index contributed by atoms with van der Waals surface area (Å²) in [6.07, 6.45) is 2.77. The molecular formula is C11H15BrO2S. The van der Waals surface area contributed by atoms with Gasteiger partial charge in [-0.05, 0) is 53.7 Å². The third kappa shape index (κ3) is 2.61. The molecule has 1 aliphatic rings. The van der Waals surface area contributed by atoms with Crippen LogP contribution in [0.3, 0.4) is 0 Å². The van der Waals surface area contributed by atoms with E-state index in [0.29, 0.717) is 0 Å². The quantitative estimate of drug-likeness (QED) is 0.904. The lowest BCUT2D eigenvalue weighted by molar-refractivity contribution is -0.0633. The minimum absolute atomic E-state index is 0.0149. The number of rotatable bonds is 2. The summed E-state index contributed by atoms with van der Waals surface area (Å²) in [6, 6.07) is 2.00. The number of hydrogen-bond donors (Lipinski definition) is 1. The zero-order valence-corrected chi connectivity index (χ0v) is 11.1. The Morgan fingerprint density at radius 3 is 2.93 bits per heavy atom. The molecule has 0 amide bonds. The van der Waals surface area contributed by atoms with Gasteiger partial charge in [-0.25, -0.2) is 0 Å². The molecule has 1 aliphatic heterocycles. The van der Waals surface area contributed by atoms with Gasteiger partial charge in [-0.1, -0.05) is 0 Å². The van der Waals surface area contributed by atoms with Crippen molar-refractivity contribution in [2.45, 2.75) is 38.4 Å². The molecule has 2 nitrogen and oxygen atoms in total. The molecule has 0 saturated carbocycles. The molecule has 0 aliphatic carbocycles. The van der Waals surface area contributed by atoms with E-state index in [2.05, 4.69) is 15.9 Å². The average Bonchev–Trinajstić information content (AvgIpc) is 2.58. The molecule has 0 bridgehead atoms. The van der Waals surface area contributed by atoms with Crippen molar-refractivity contribution in [1.82, 2.24) is 0 Å². The van der Waals surface area contributed by atoms with Crippen molar-refractivity contribution in [1.29, 1.82) is 0 Å². The van der Waals surface area contributed by atoms with Gasteiger partial charge in [0.15, 0.2) is 0 Å². The molecule has 15 heavy (non-hydrogen) atoms. The van der Waals surface area contributed by atoms with Gasteiger partial charge in [-0.3, -0.25) is 0 Å². The summed E-state index contributed by atoms with van der Waals surface area (Å²) in [6.45, 7) is 2.82. The number of aliphatic hydroxyl groups is 1. The molecule has 0 aromatic carbocycles. The van der Waals surface area contributed by atoms with Crippen LogP contribution in [0, 0.1) is 6.92 Å². The van der Waals surface area contributed by atoms with E-state index in [4.69, 9.17) is 4.74 Å². The molecule has 0 radical (unpaired) electrons. The van der Waals surface area contributed by atoms with Gasteiger partial charge >= 0.3 is 0 Å². The molecule has 1 aromatic heterocycles. The van der Waals surface area contributed by atoms with Gasteiger partial charge in [-0.15, -0.1) is 11.3 Å². The van der Waals surface area contributed by atoms with Gasteiger partial charge in [0.05, 0.1) is 9.89 Å². The van der Waals surface area contributed by atoms with Crippen molar-refractivity contribution in [3.05, 3.63) is 20.3 Å². The van der Waals surface area contributed by atoms with Crippen LogP contribution in [0.15, 0.2) is 9.85 Å². The fourth-order valence-electron chi connectivity index (χ4n) is 1.97. The first-order chi connectivity index (χ1) is 7.18. The van der Waals surface area contributed by atoms with Crippen molar-refractivity contribution in [3.8, 4) is 0 Å². The van der Waals surface area contributed by atoms with E-state index >= 15 is 0 Å². The molecule has 1 fully saturated rings. The summed E-state index contributed by atoms with van der Waals surface area (Å²) in [7, 11) is 0. The van der Waals surface area contributed by atoms with Crippen LogP contribution in [-0.4, -0.2) is 17.8 Å². The third-order valence-electron chi connectivity index (χ3n) is 2.81. The Labute approximate surface area is 102 Å². The van der Waals surface area contributed by atoms with E-state index in [1.165, 1.54) is 4.88 Å². The third-order valence-corrected chi connectivity index (χ3v) is 4.38. The van der Waals surface area contributed by atoms with Gasteiger partial charge in [0, 0.05) is 11.5 Å². The molecule has 2 atom stereocenters. The second-order valence-electron chi connectivity index (χ2n) is 3.91. The first kappa shape index (κ1) is 11.6. The number of hydrogen-bond acceptors (Lipinski definition) is 3. The first-order valence-corrected chi connectivity index (χ1v) is 6.85. The molecule has 1 N–H and O–H groups in total. The lowest BCUT2D eigenvalue weighted by Crippen LogP contribution is -2.26. The number of halogens is 1. The van der Waals surface area contributed by atoms with Crippen molar-refractivity contribution in [3.63, 3.8) is 0 Å². The highest BCUT2D eigenvalue weighted by Gasteiger charge is 2.26. The van der Waals surface area contributed by atoms with Crippen LogP contribution in [0.4, 0.5) is 0 Å². The van der Waals surface area contributed by atoms with Crippen molar-refractivity contribution >= 4 is 27.3 Å². The number of ether oxygens (including phenoxy) is 1. The van der Waals surface area contributed by atoms with E-state index in [1.54, 1.807) is 11.3 Å². The lowest BCUT2D eigenvalue weighted by atomic mass is 9.99. The van der Waals surface area contributed by atoms with E-state index in [1.807, 2.05) is 13.0 Å². The van der Waals surface area contributed by atoms with Crippen LogP contribution in [-0.2, 0) is 4.74 Å². The Hall–Kier alpha value is 0.1000. The van der Waals surface area contributed by atoms with Crippen molar-refractivity contribution in [2.24, 2.45) is 0 Å². The first-order valence-electron chi connectivity index (χ1n) is 5.24. The smallest absolute Gasteiger partial charge is 0.106 e. The van der Waals surface area contributed by atoms with Crippen LogP contribution >= 0.6 is 27.3 Å². The SMILES string of the molecule is Cc1sc(Br)cc1C(O)C1CCCCO1. The fraction of sp³-hybridized carbons (Fsp3) is 0.636. The van der Waals surface area contributed by atoms with Crippen LogP contribution < -0.4 is 0 Å². The van der Waals surface area contributed by atoms with Crippen molar-refractivity contribution in [2.75, 3.05) is 6.61 Å². The molecule has 2 rings (SSSR count). The van der Waals surface area contributed by atoms with Gasteiger partial charge in [0.25, 0.3) is 0 Å². The summed E-state index contributed by atoms with van der Waals surface area (Å²) < 4.78 is 6.67. The minimum Gasteiger partial charge on any atom is -0.386 e. The zero-order valence-electron chi connectivity index (χ0n) is 8.70. The van der Waals surface area contributed by atoms with E-state index in [0.717, 1.165) is 35.2 Å². The molecule has 1 saturated heterocycles. The monoisotopic (exact) mass is 290 g/mol. The Kier molecular flexibility index (Phi) is 3.83. The lowest BCUT2D eigenvalue weighted by Gasteiger charge is -2.27. The maximum Gasteiger partial charge on any atom is 0.106 e. The molecule has 2 heterocycles. The largest absolute Gasteiger partial charge is 0.386 e. The standard InChI is InChI=1S/C11H15BrO2S/c1-7-8(6-10(12)15-7)11(13)9-4-2-3-5-14-9/h6,9,11,13H,2-5H2,1H3. The Balaban J connectivity index is 2.12. The average molecular weight is 291 g/mol. The van der Waals surface area contributed by atoms with Crippen LogP contribution in [0.5, 0.6) is 0 Å². The van der Waals surface area contributed by atoms with Gasteiger partial charge < -0.3 is 9.84 Å². The van der Waals surface area contributed by atoms with Crippen LogP contribution in [0.2, 0.25) is 0 Å². The highest BCUT2D eigenvalue weighted by atomic mass is 79.9. The number of aliphatic hydroxyl groups excluding tert-OH is 1. The van der Waals surface area contributed by atoms with Gasteiger partial charge in [0.2, 0.25) is 0 Å². The molecule has 84 valence electrons. The number of thiophene rings is 1. The minimum atomic E-state index is -0.465. The summed E-state index contributed by atoms with van der Waals surface area (Å²) in [5.74, 6) is 0. The normalized spacial score (nSPS) is 24.1. The Bertz CT molecular complexity index is 331. The number of aryl methyl sites for hydroxylation is 1. The van der Waals surface area contributed by atoms with Gasteiger partial charge in [0.1, 0.15) is 6.10 Å². The van der Waals surface area contributed by atoms with Gasteiger partial charge in [-0.2, -0.15) is 0 Å². The Morgan fingerprint density at radius 1 is 1.60 bits per heavy atom. The molecule has 4 heteroatoms. The van der Waals surface area contributed by atoms with Crippen LogP contribution in [0.25, 0.3) is 0 Å². The highest BCUT2D eigenvalue weighted by molar-refractivity contribution is 9.11. The second-order valence-corrected chi connectivity index (χ2v) is 6.55. The summed E-state index contributed by atoms with van der Waals surface area (Å²) in [5, 5.41) is 10.2. The molecule has 0 spiro atoms. The molecular weight excluding hydrogens is 276 g/mol. The van der Waals surface area contributed by atoms with E-state index < -0.39 is 6.10 Å².